The van der Waals surface area contributed by atoms with Crippen molar-refractivity contribution >= 4 is 33.3 Å². The molecular weight excluding hydrogens is 383 g/mol. The summed E-state index contributed by atoms with van der Waals surface area (Å²) in [6.07, 6.45) is 1.55. The Kier molecular flexibility index (Phi) is 3.56. The van der Waals surface area contributed by atoms with Crippen LogP contribution in [0.15, 0.2) is 63.3 Å². The number of hydrogen-bond acceptors (Lipinski definition) is 6. The van der Waals surface area contributed by atoms with E-state index in [1.54, 1.807) is 23.7 Å². The summed E-state index contributed by atoms with van der Waals surface area (Å²) in [6.45, 7) is 0. The molecule has 5 rings (SSSR count). The van der Waals surface area contributed by atoms with E-state index in [4.69, 9.17) is 4.42 Å². The number of hydrogen-bond donors (Lipinski definition) is 1. The number of benzene rings is 2. The van der Waals surface area contributed by atoms with E-state index in [9.17, 15) is 19.1 Å². The number of thiazole rings is 1. The quantitative estimate of drug-likeness (QED) is 0.558. The Morgan fingerprint density at radius 3 is 2.79 bits per heavy atom. The molecule has 28 heavy (non-hydrogen) atoms. The van der Waals surface area contributed by atoms with Crippen LogP contribution in [0, 0.1) is 5.82 Å². The lowest BCUT2D eigenvalue weighted by Crippen LogP contribution is -2.29. The molecule has 3 heterocycles. The molecule has 1 N–H and O–H groups in total. The highest BCUT2D eigenvalue weighted by Gasteiger charge is 2.44. The minimum absolute atomic E-state index is 0.00582. The highest BCUT2D eigenvalue weighted by Crippen LogP contribution is 2.42. The smallest absolute Gasteiger partial charge is 0.297 e. The third kappa shape index (κ3) is 2.35. The molecule has 0 saturated carbocycles. The first-order valence-electron chi connectivity index (χ1n) is 8.33. The zero-order valence-electron chi connectivity index (χ0n) is 14.1. The van der Waals surface area contributed by atoms with E-state index in [-0.39, 0.29) is 28.0 Å². The predicted molar refractivity (Wildman–Crippen MR) is 101 cm³/mol. The summed E-state index contributed by atoms with van der Waals surface area (Å²) >= 11 is 1.24. The predicted octanol–water partition coefficient (Wildman–Crippen LogP) is 3.84. The summed E-state index contributed by atoms with van der Waals surface area (Å²) in [6, 6.07) is 9.04. The average molecular weight is 394 g/mol. The minimum atomic E-state index is -0.843. The van der Waals surface area contributed by atoms with Gasteiger partial charge in [0.15, 0.2) is 10.6 Å². The summed E-state index contributed by atoms with van der Waals surface area (Å²) in [5, 5.41) is 12.1. The van der Waals surface area contributed by atoms with Gasteiger partial charge in [-0.05, 0) is 35.9 Å². The van der Waals surface area contributed by atoms with Crippen LogP contribution >= 0.6 is 11.3 Å². The fourth-order valence-electron chi connectivity index (χ4n) is 3.49. The molecule has 2 aromatic carbocycles. The third-order valence-corrected chi connectivity index (χ3v) is 5.41. The molecule has 0 radical (unpaired) electrons. The van der Waals surface area contributed by atoms with Gasteiger partial charge >= 0.3 is 0 Å². The van der Waals surface area contributed by atoms with Crippen molar-refractivity contribution in [3.63, 3.8) is 0 Å². The Balaban J connectivity index is 1.85. The number of carbonyl (C=O) groups is 1. The fourth-order valence-corrected chi connectivity index (χ4v) is 4.15. The second-order valence-corrected chi connectivity index (χ2v) is 7.17. The van der Waals surface area contributed by atoms with Gasteiger partial charge in [-0.15, -0.1) is 11.3 Å². The molecule has 6 nitrogen and oxygen atoms in total. The monoisotopic (exact) mass is 394 g/mol. The van der Waals surface area contributed by atoms with Gasteiger partial charge in [-0.25, -0.2) is 9.37 Å². The molecule has 0 aliphatic carbocycles. The standard InChI is InChI=1S/C20H11FN2O4S/c21-11-4-5-14-13(9-11)17(25)15-16(10-2-1-3-12(24)8-10)23(19(26)18(15)27-14)20-22-6-7-28-20/h1-9,16,24H. The Morgan fingerprint density at radius 2 is 2.04 bits per heavy atom. The van der Waals surface area contributed by atoms with Gasteiger partial charge in [0.05, 0.1) is 17.0 Å². The lowest BCUT2D eigenvalue weighted by molar-refractivity contribution is 0.0971. The lowest BCUT2D eigenvalue weighted by Gasteiger charge is -2.22. The zero-order chi connectivity index (χ0) is 19.4. The summed E-state index contributed by atoms with van der Waals surface area (Å²) in [4.78, 5) is 31.9. The molecule has 0 saturated heterocycles. The summed E-state index contributed by atoms with van der Waals surface area (Å²) in [7, 11) is 0. The van der Waals surface area contributed by atoms with Gasteiger partial charge in [0.2, 0.25) is 5.76 Å². The highest BCUT2D eigenvalue weighted by atomic mass is 32.1. The van der Waals surface area contributed by atoms with E-state index >= 15 is 0 Å². The second-order valence-electron chi connectivity index (χ2n) is 6.30. The van der Waals surface area contributed by atoms with Crippen molar-refractivity contribution in [1.29, 1.82) is 0 Å². The van der Waals surface area contributed by atoms with Crippen molar-refractivity contribution in [1.82, 2.24) is 4.98 Å². The number of amides is 1. The van der Waals surface area contributed by atoms with E-state index in [0.717, 1.165) is 6.07 Å². The Morgan fingerprint density at radius 1 is 1.18 bits per heavy atom. The number of phenols is 1. The van der Waals surface area contributed by atoms with Crippen LogP contribution in [0.4, 0.5) is 9.52 Å². The third-order valence-electron chi connectivity index (χ3n) is 4.64. The van der Waals surface area contributed by atoms with E-state index in [1.807, 2.05) is 0 Å². The second kappa shape index (κ2) is 6.00. The van der Waals surface area contributed by atoms with Crippen molar-refractivity contribution in [2.45, 2.75) is 6.04 Å². The topological polar surface area (TPSA) is 83.6 Å². The van der Waals surface area contributed by atoms with Crippen LogP contribution in [0.25, 0.3) is 11.0 Å². The van der Waals surface area contributed by atoms with E-state index in [0.29, 0.717) is 10.7 Å². The van der Waals surface area contributed by atoms with Crippen LogP contribution in [0.5, 0.6) is 5.75 Å². The van der Waals surface area contributed by atoms with Crippen LogP contribution in [0.1, 0.15) is 27.7 Å². The maximum atomic E-state index is 13.7. The number of rotatable bonds is 2. The number of carbonyl (C=O) groups excluding carboxylic acids is 1. The molecule has 0 spiro atoms. The molecule has 1 aliphatic rings. The largest absolute Gasteiger partial charge is 0.508 e. The van der Waals surface area contributed by atoms with E-state index in [2.05, 4.69) is 4.98 Å². The highest BCUT2D eigenvalue weighted by molar-refractivity contribution is 7.13. The Hall–Kier alpha value is -3.52. The van der Waals surface area contributed by atoms with Crippen molar-refractivity contribution < 1.29 is 18.7 Å². The maximum absolute atomic E-state index is 13.7. The molecule has 4 aromatic rings. The number of phenolic OH excluding ortho intramolecular Hbond substituents is 1. The summed E-state index contributed by atoms with van der Waals surface area (Å²) < 4.78 is 19.4. The number of nitrogens with zero attached hydrogens (tertiary/aromatic N) is 2. The van der Waals surface area contributed by atoms with Gasteiger partial charge in [0.1, 0.15) is 17.1 Å². The van der Waals surface area contributed by atoms with Crippen LogP contribution in [-0.2, 0) is 0 Å². The van der Waals surface area contributed by atoms with E-state index in [1.165, 1.54) is 40.5 Å². The number of halogens is 1. The fraction of sp³-hybridized carbons (Fsp3) is 0.0500. The molecule has 0 bridgehead atoms. The average Bonchev–Trinajstić information content (AvgIpc) is 3.29. The van der Waals surface area contributed by atoms with Gasteiger partial charge in [-0.1, -0.05) is 12.1 Å². The van der Waals surface area contributed by atoms with Crippen molar-refractivity contribution in [2.75, 3.05) is 4.90 Å². The summed E-state index contributed by atoms with van der Waals surface area (Å²) in [5.41, 5.74) is 0.264. The van der Waals surface area contributed by atoms with Crippen molar-refractivity contribution in [3.05, 3.63) is 87.0 Å². The molecule has 1 unspecified atom stereocenters. The Bertz CT molecular complexity index is 1300. The lowest BCUT2D eigenvalue weighted by atomic mass is 9.98. The minimum Gasteiger partial charge on any atom is -0.508 e. The SMILES string of the molecule is O=C1c2oc3ccc(F)cc3c(=O)c2C(c2cccc(O)c2)N1c1nccs1. The van der Waals surface area contributed by atoms with Crippen molar-refractivity contribution in [2.24, 2.45) is 0 Å². The first kappa shape index (κ1) is 16.6. The number of anilines is 1. The van der Waals surface area contributed by atoms with Gasteiger partial charge in [-0.3, -0.25) is 14.5 Å². The molecule has 2 aromatic heterocycles. The number of aromatic hydroxyl groups is 1. The van der Waals surface area contributed by atoms with E-state index < -0.39 is 23.2 Å². The summed E-state index contributed by atoms with van der Waals surface area (Å²) in [5.74, 6) is -1.20. The molecule has 8 heteroatoms. The molecule has 1 atom stereocenters. The molecule has 138 valence electrons. The number of fused-ring (bicyclic) bond motifs is 2. The van der Waals surface area contributed by atoms with Crippen LogP contribution < -0.4 is 10.3 Å². The maximum Gasteiger partial charge on any atom is 0.297 e. The van der Waals surface area contributed by atoms with Gasteiger partial charge in [-0.2, -0.15) is 0 Å². The van der Waals surface area contributed by atoms with Crippen LogP contribution in [0.3, 0.4) is 0 Å². The van der Waals surface area contributed by atoms with Gasteiger partial charge < -0.3 is 9.52 Å². The normalized spacial score (nSPS) is 16.0. The molecular formula is C20H11FN2O4S. The van der Waals surface area contributed by atoms with Crippen LogP contribution in [0.2, 0.25) is 0 Å². The van der Waals surface area contributed by atoms with Crippen molar-refractivity contribution in [3.8, 4) is 5.75 Å². The van der Waals surface area contributed by atoms with Crippen LogP contribution in [-0.4, -0.2) is 16.0 Å². The zero-order valence-corrected chi connectivity index (χ0v) is 14.9. The Labute approximate surface area is 161 Å². The number of aromatic nitrogens is 1. The molecule has 1 amide bonds. The van der Waals surface area contributed by atoms with Gasteiger partial charge in [0.25, 0.3) is 5.91 Å². The molecule has 1 aliphatic heterocycles. The first-order chi connectivity index (χ1) is 13.5. The molecule has 0 fully saturated rings. The van der Waals surface area contributed by atoms with Gasteiger partial charge in [0, 0.05) is 11.6 Å². The first-order valence-corrected chi connectivity index (χ1v) is 9.21.